The second-order valence-electron chi connectivity index (χ2n) is 6.09. The fourth-order valence-electron chi connectivity index (χ4n) is 3.02. The van der Waals surface area contributed by atoms with Crippen molar-refractivity contribution in [3.05, 3.63) is 24.6 Å². The minimum Gasteiger partial charge on any atom is -0.464 e. The maximum Gasteiger partial charge on any atom is 0.139 e. The van der Waals surface area contributed by atoms with Crippen molar-refractivity contribution in [3.8, 4) is 0 Å². The Morgan fingerprint density at radius 3 is 3.11 bits per heavy atom. The predicted molar refractivity (Wildman–Crippen MR) is 73.7 cm³/mol. The summed E-state index contributed by atoms with van der Waals surface area (Å²) in [5.74, 6) is 0.962. The van der Waals surface area contributed by atoms with Crippen LogP contribution >= 0.6 is 0 Å². The van der Waals surface area contributed by atoms with E-state index in [0.29, 0.717) is 11.5 Å². The van der Waals surface area contributed by atoms with E-state index in [1.165, 1.54) is 25.7 Å². The molecule has 18 heavy (non-hydrogen) atoms. The molecule has 0 saturated heterocycles. The molecule has 1 atom stereocenters. The maximum absolute atomic E-state index is 5.41. The van der Waals surface area contributed by atoms with E-state index >= 15 is 0 Å². The molecular formula is C15H20N2O. The van der Waals surface area contributed by atoms with Crippen molar-refractivity contribution in [3.63, 3.8) is 0 Å². The van der Waals surface area contributed by atoms with Gasteiger partial charge in [0.2, 0.25) is 0 Å². The molecule has 96 valence electrons. The third-order valence-corrected chi connectivity index (χ3v) is 3.93. The van der Waals surface area contributed by atoms with Gasteiger partial charge in [-0.05, 0) is 36.8 Å². The summed E-state index contributed by atoms with van der Waals surface area (Å²) in [6.45, 7) is 4.71. The first kappa shape index (κ1) is 11.6. The van der Waals surface area contributed by atoms with Crippen molar-refractivity contribution in [2.24, 2.45) is 5.41 Å². The molecule has 3 nitrogen and oxygen atoms in total. The van der Waals surface area contributed by atoms with Gasteiger partial charge in [0.25, 0.3) is 0 Å². The molecule has 3 rings (SSSR count). The number of furan rings is 1. The first-order valence-electron chi connectivity index (χ1n) is 6.73. The Kier molecular flexibility index (Phi) is 2.77. The summed E-state index contributed by atoms with van der Waals surface area (Å²) in [6.07, 6.45) is 8.60. The van der Waals surface area contributed by atoms with Crippen LogP contribution < -0.4 is 5.32 Å². The van der Waals surface area contributed by atoms with Gasteiger partial charge in [-0.1, -0.05) is 20.3 Å². The molecule has 3 heteroatoms. The molecule has 1 unspecified atom stereocenters. The Morgan fingerprint density at radius 2 is 2.28 bits per heavy atom. The first-order valence-corrected chi connectivity index (χ1v) is 6.73. The number of nitrogens with one attached hydrogen (secondary N) is 1. The van der Waals surface area contributed by atoms with E-state index in [2.05, 4.69) is 24.1 Å². The largest absolute Gasteiger partial charge is 0.464 e. The molecule has 1 aliphatic rings. The maximum atomic E-state index is 5.41. The molecule has 0 amide bonds. The molecule has 2 aromatic heterocycles. The second-order valence-corrected chi connectivity index (χ2v) is 6.09. The van der Waals surface area contributed by atoms with Gasteiger partial charge in [0.15, 0.2) is 0 Å². The summed E-state index contributed by atoms with van der Waals surface area (Å²) in [5.41, 5.74) is 1.35. The molecule has 1 saturated carbocycles. The van der Waals surface area contributed by atoms with Crippen molar-refractivity contribution in [1.29, 1.82) is 0 Å². The highest BCUT2D eigenvalue weighted by atomic mass is 16.3. The lowest BCUT2D eigenvalue weighted by Crippen LogP contribution is -2.32. The Hall–Kier alpha value is -1.51. The van der Waals surface area contributed by atoms with Gasteiger partial charge in [-0.25, -0.2) is 4.98 Å². The van der Waals surface area contributed by atoms with Crippen LogP contribution in [0.15, 0.2) is 29.0 Å². The molecule has 2 heterocycles. The van der Waals surface area contributed by atoms with Crippen LogP contribution in [0, 0.1) is 5.41 Å². The van der Waals surface area contributed by atoms with E-state index in [-0.39, 0.29) is 0 Å². The molecule has 0 aliphatic heterocycles. The molecule has 1 fully saturated rings. The SMILES string of the molecule is CC1(C)CCCC(Nc2nccc3occc23)C1. The van der Waals surface area contributed by atoms with Gasteiger partial charge < -0.3 is 9.73 Å². The predicted octanol–water partition coefficient (Wildman–Crippen LogP) is 4.21. The zero-order valence-corrected chi connectivity index (χ0v) is 11.1. The lowest BCUT2D eigenvalue weighted by atomic mass is 9.75. The highest BCUT2D eigenvalue weighted by molar-refractivity contribution is 5.87. The van der Waals surface area contributed by atoms with Crippen LogP contribution in [0.2, 0.25) is 0 Å². The third-order valence-electron chi connectivity index (χ3n) is 3.93. The van der Waals surface area contributed by atoms with E-state index in [0.717, 1.165) is 16.8 Å². The van der Waals surface area contributed by atoms with Crippen LogP contribution in [0.25, 0.3) is 11.0 Å². The minimum absolute atomic E-state index is 0.445. The van der Waals surface area contributed by atoms with Crippen molar-refractivity contribution in [1.82, 2.24) is 4.98 Å². The van der Waals surface area contributed by atoms with Gasteiger partial charge in [0, 0.05) is 12.2 Å². The molecule has 0 aromatic carbocycles. The summed E-state index contributed by atoms with van der Waals surface area (Å²) in [4.78, 5) is 4.45. The number of anilines is 1. The van der Waals surface area contributed by atoms with Crippen LogP contribution in [0.1, 0.15) is 39.5 Å². The Bertz CT molecular complexity index is 544. The third kappa shape index (κ3) is 2.22. The van der Waals surface area contributed by atoms with E-state index in [4.69, 9.17) is 4.42 Å². The molecule has 0 spiro atoms. The second kappa shape index (κ2) is 4.30. The van der Waals surface area contributed by atoms with Crippen LogP contribution in [0.3, 0.4) is 0 Å². The normalized spacial score (nSPS) is 23.1. The van der Waals surface area contributed by atoms with E-state index in [1.807, 2.05) is 18.3 Å². The topological polar surface area (TPSA) is 38.1 Å². The number of hydrogen-bond donors (Lipinski definition) is 1. The molecule has 0 radical (unpaired) electrons. The number of fused-ring (bicyclic) bond motifs is 1. The van der Waals surface area contributed by atoms with Crippen LogP contribution in [-0.2, 0) is 0 Å². The van der Waals surface area contributed by atoms with Gasteiger partial charge in [-0.2, -0.15) is 0 Å². The fraction of sp³-hybridized carbons (Fsp3) is 0.533. The van der Waals surface area contributed by atoms with E-state index in [1.54, 1.807) is 6.26 Å². The Labute approximate surface area is 108 Å². The van der Waals surface area contributed by atoms with Crippen molar-refractivity contribution >= 4 is 16.8 Å². The lowest BCUT2D eigenvalue weighted by Gasteiger charge is -2.35. The van der Waals surface area contributed by atoms with Gasteiger partial charge in [-0.3, -0.25) is 0 Å². The van der Waals surface area contributed by atoms with Crippen LogP contribution in [-0.4, -0.2) is 11.0 Å². The number of rotatable bonds is 2. The smallest absolute Gasteiger partial charge is 0.139 e. The fourth-order valence-corrected chi connectivity index (χ4v) is 3.02. The molecule has 1 aliphatic carbocycles. The van der Waals surface area contributed by atoms with Crippen molar-refractivity contribution < 1.29 is 4.42 Å². The summed E-state index contributed by atoms with van der Waals surface area (Å²) in [6, 6.07) is 4.42. The molecule has 2 aromatic rings. The monoisotopic (exact) mass is 244 g/mol. The number of hydrogen-bond acceptors (Lipinski definition) is 3. The quantitative estimate of drug-likeness (QED) is 0.860. The summed E-state index contributed by atoms with van der Waals surface area (Å²) < 4.78 is 5.41. The van der Waals surface area contributed by atoms with Crippen LogP contribution in [0.4, 0.5) is 5.82 Å². The highest BCUT2D eigenvalue weighted by Gasteiger charge is 2.28. The Balaban J connectivity index is 1.82. The van der Waals surface area contributed by atoms with E-state index in [9.17, 15) is 0 Å². The summed E-state index contributed by atoms with van der Waals surface area (Å²) in [7, 11) is 0. The average molecular weight is 244 g/mol. The molecular weight excluding hydrogens is 224 g/mol. The summed E-state index contributed by atoms with van der Waals surface area (Å²) >= 11 is 0. The summed E-state index contributed by atoms with van der Waals surface area (Å²) in [5, 5.41) is 4.68. The number of pyridine rings is 1. The first-order chi connectivity index (χ1) is 8.64. The molecule has 0 bridgehead atoms. The standard InChI is InChI=1S/C15H20N2O/c1-15(2)7-3-4-11(10-15)17-14-12-6-9-18-13(12)5-8-16-14/h5-6,8-9,11H,3-4,7,10H2,1-2H3,(H,16,17). The minimum atomic E-state index is 0.445. The van der Waals surface area contributed by atoms with Crippen molar-refractivity contribution in [2.45, 2.75) is 45.6 Å². The number of aromatic nitrogens is 1. The zero-order chi connectivity index (χ0) is 12.6. The highest BCUT2D eigenvalue weighted by Crippen LogP contribution is 2.36. The van der Waals surface area contributed by atoms with Crippen LogP contribution in [0.5, 0.6) is 0 Å². The van der Waals surface area contributed by atoms with Gasteiger partial charge >= 0.3 is 0 Å². The zero-order valence-electron chi connectivity index (χ0n) is 11.1. The van der Waals surface area contributed by atoms with E-state index < -0.39 is 0 Å². The van der Waals surface area contributed by atoms with Gasteiger partial charge in [0.1, 0.15) is 11.4 Å². The Morgan fingerprint density at radius 1 is 1.39 bits per heavy atom. The lowest BCUT2D eigenvalue weighted by molar-refractivity contribution is 0.229. The van der Waals surface area contributed by atoms with Crippen molar-refractivity contribution in [2.75, 3.05) is 5.32 Å². The molecule has 1 N–H and O–H groups in total. The van der Waals surface area contributed by atoms with Gasteiger partial charge in [-0.15, -0.1) is 0 Å². The number of nitrogens with zero attached hydrogens (tertiary/aromatic N) is 1. The average Bonchev–Trinajstić information content (AvgIpc) is 2.77. The van der Waals surface area contributed by atoms with Gasteiger partial charge in [0.05, 0.1) is 11.6 Å².